The number of amides is 1. The number of nitrogens with one attached hydrogen (secondary N) is 1. The van der Waals surface area contributed by atoms with Gasteiger partial charge in [-0.3, -0.25) is 4.79 Å². The lowest BCUT2D eigenvalue weighted by atomic mass is 10.1. The summed E-state index contributed by atoms with van der Waals surface area (Å²) in [6, 6.07) is 3.71. The van der Waals surface area contributed by atoms with Gasteiger partial charge in [-0.1, -0.05) is 6.07 Å². The third-order valence-corrected chi connectivity index (χ3v) is 6.23. The Kier molecular flexibility index (Phi) is 3.92. The molecule has 1 aliphatic carbocycles. The van der Waals surface area contributed by atoms with Crippen molar-refractivity contribution in [3.8, 4) is 0 Å². The lowest BCUT2D eigenvalue weighted by molar-refractivity contribution is -0.122. The van der Waals surface area contributed by atoms with Crippen molar-refractivity contribution in [2.45, 2.75) is 18.8 Å². The number of rotatable bonds is 4. The number of carbonyl (C=O) groups is 1. The van der Waals surface area contributed by atoms with Crippen molar-refractivity contribution in [2.24, 2.45) is 11.8 Å². The topological polar surface area (TPSA) is 63.2 Å². The van der Waals surface area contributed by atoms with Crippen molar-refractivity contribution < 1.29 is 22.0 Å². The highest BCUT2D eigenvalue weighted by molar-refractivity contribution is 7.91. The maximum Gasteiger partial charge on any atom is 0.223 e. The van der Waals surface area contributed by atoms with Gasteiger partial charge in [0.05, 0.1) is 11.5 Å². The molecule has 4 nitrogen and oxygen atoms in total. The van der Waals surface area contributed by atoms with Crippen LogP contribution in [-0.4, -0.2) is 32.4 Å². The first-order valence-electron chi connectivity index (χ1n) is 7.29. The van der Waals surface area contributed by atoms with Crippen LogP contribution in [0.5, 0.6) is 0 Å². The van der Waals surface area contributed by atoms with Gasteiger partial charge in [0.1, 0.15) is 0 Å². The molecule has 0 spiro atoms. The monoisotopic (exact) mass is 329 g/mol. The smallest absolute Gasteiger partial charge is 0.223 e. The third kappa shape index (κ3) is 3.29. The zero-order chi connectivity index (χ0) is 15.9. The fraction of sp³-hybridized carbons (Fsp3) is 0.533. The Morgan fingerprint density at radius 2 is 2.05 bits per heavy atom. The molecular formula is C15H17F2NO3S. The van der Waals surface area contributed by atoms with Crippen LogP contribution in [0, 0.1) is 23.5 Å². The molecule has 120 valence electrons. The second-order valence-corrected chi connectivity index (χ2v) is 8.37. The van der Waals surface area contributed by atoms with E-state index in [-0.39, 0.29) is 35.2 Å². The summed E-state index contributed by atoms with van der Waals surface area (Å²) in [5.74, 6) is -1.95. The van der Waals surface area contributed by atoms with Gasteiger partial charge in [-0.05, 0) is 42.4 Å². The summed E-state index contributed by atoms with van der Waals surface area (Å²) in [6.07, 6.45) is 1.19. The molecule has 3 unspecified atom stereocenters. The van der Waals surface area contributed by atoms with Crippen LogP contribution in [-0.2, 0) is 14.6 Å². The summed E-state index contributed by atoms with van der Waals surface area (Å²) >= 11 is 0. The minimum atomic E-state index is -2.94. The van der Waals surface area contributed by atoms with Crippen LogP contribution >= 0.6 is 0 Å². The molecule has 1 aromatic carbocycles. The molecule has 7 heteroatoms. The number of benzene rings is 1. The molecule has 2 fully saturated rings. The molecule has 1 saturated heterocycles. The quantitative estimate of drug-likeness (QED) is 0.913. The Hall–Kier alpha value is -1.50. The highest BCUT2D eigenvalue weighted by Crippen LogP contribution is 2.47. The van der Waals surface area contributed by atoms with Crippen LogP contribution in [0.4, 0.5) is 8.78 Å². The van der Waals surface area contributed by atoms with Gasteiger partial charge >= 0.3 is 0 Å². The molecule has 1 aromatic rings. The molecule has 1 N–H and O–H groups in total. The molecule has 2 aliphatic rings. The van der Waals surface area contributed by atoms with Crippen molar-refractivity contribution in [1.29, 1.82) is 0 Å². The summed E-state index contributed by atoms with van der Waals surface area (Å²) in [5.41, 5.74) is 0.627. The number of halogens is 2. The fourth-order valence-corrected chi connectivity index (χ4v) is 4.87. The van der Waals surface area contributed by atoms with Crippen molar-refractivity contribution in [3.05, 3.63) is 35.4 Å². The van der Waals surface area contributed by atoms with E-state index in [9.17, 15) is 22.0 Å². The van der Waals surface area contributed by atoms with Crippen LogP contribution in [0.15, 0.2) is 18.2 Å². The largest absolute Gasteiger partial charge is 0.356 e. The highest BCUT2D eigenvalue weighted by atomic mass is 32.2. The Morgan fingerprint density at radius 1 is 1.27 bits per heavy atom. The maximum absolute atomic E-state index is 13.2. The predicted octanol–water partition coefficient (Wildman–Crippen LogP) is 1.62. The average molecular weight is 329 g/mol. The van der Waals surface area contributed by atoms with Crippen LogP contribution in [0.1, 0.15) is 24.3 Å². The summed E-state index contributed by atoms with van der Waals surface area (Å²) in [6.45, 7) is 0.360. The zero-order valence-electron chi connectivity index (χ0n) is 11.9. The van der Waals surface area contributed by atoms with Gasteiger partial charge in [0.25, 0.3) is 0 Å². The maximum atomic E-state index is 13.2. The van der Waals surface area contributed by atoms with E-state index in [0.29, 0.717) is 24.9 Å². The van der Waals surface area contributed by atoms with Crippen molar-refractivity contribution in [3.63, 3.8) is 0 Å². The zero-order valence-corrected chi connectivity index (χ0v) is 12.7. The number of hydrogen-bond donors (Lipinski definition) is 1. The average Bonchev–Trinajstić information content (AvgIpc) is 3.18. The molecule has 3 rings (SSSR count). The molecule has 1 saturated carbocycles. The molecule has 1 aliphatic heterocycles. The SMILES string of the molecule is O=C(NCC1CCS(=O)(=O)C1)C1CC1c1ccc(F)c(F)c1. The summed E-state index contributed by atoms with van der Waals surface area (Å²) < 4.78 is 48.8. The molecule has 3 atom stereocenters. The van der Waals surface area contributed by atoms with Gasteiger partial charge in [-0.15, -0.1) is 0 Å². The molecule has 0 bridgehead atoms. The van der Waals surface area contributed by atoms with E-state index in [4.69, 9.17) is 0 Å². The van der Waals surface area contributed by atoms with E-state index in [1.807, 2.05) is 0 Å². The lowest BCUT2D eigenvalue weighted by Gasteiger charge is -2.09. The molecule has 1 amide bonds. The predicted molar refractivity (Wildman–Crippen MR) is 77.0 cm³/mol. The summed E-state index contributed by atoms with van der Waals surface area (Å²) in [7, 11) is -2.94. The number of carbonyl (C=O) groups excluding carboxylic acids is 1. The molecule has 1 heterocycles. The summed E-state index contributed by atoms with van der Waals surface area (Å²) in [4.78, 5) is 12.0. The van der Waals surface area contributed by atoms with E-state index in [1.54, 1.807) is 0 Å². The lowest BCUT2D eigenvalue weighted by Crippen LogP contribution is -2.31. The first-order valence-corrected chi connectivity index (χ1v) is 9.11. The van der Waals surface area contributed by atoms with Gasteiger partial charge < -0.3 is 5.32 Å². The van der Waals surface area contributed by atoms with Crippen molar-refractivity contribution in [2.75, 3.05) is 18.1 Å². The van der Waals surface area contributed by atoms with Crippen LogP contribution < -0.4 is 5.32 Å². The normalized spacial score (nSPS) is 29.3. The third-order valence-electron chi connectivity index (χ3n) is 4.39. The molecule has 0 radical (unpaired) electrons. The van der Waals surface area contributed by atoms with E-state index >= 15 is 0 Å². The Morgan fingerprint density at radius 3 is 2.68 bits per heavy atom. The van der Waals surface area contributed by atoms with Crippen LogP contribution in [0.25, 0.3) is 0 Å². The van der Waals surface area contributed by atoms with Gasteiger partial charge in [0, 0.05) is 12.5 Å². The van der Waals surface area contributed by atoms with E-state index in [1.165, 1.54) is 6.07 Å². The minimum Gasteiger partial charge on any atom is -0.356 e. The first-order chi connectivity index (χ1) is 10.4. The Labute approximate surface area is 127 Å². The van der Waals surface area contributed by atoms with Crippen LogP contribution in [0.3, 0.4) is 0 Å². The van der Waals surface area contributed by atoms with E-state index < -0.39 is 21.5 Å². The Bertz CT molecular complexity index is 705. The minimum absolute atomic E-state index is 0.0191. The van der Waals surface area contributed by atoms with Crippen molar-refractivity contribution in [1.82, 2.24) is 5.32 Å². The van der Waals surface area contributed by atoms with Gasteiger partial charge in [-0.25, -0.2) is 17.2 Å². The van der Waals surface area contributed by atoms with E-state index in [0.717, 1.165) is 12.1 Å². The van der Waals surface area contributed by atoms with Crippen LogP contribution in [0.2, 0.25) is 0 Å². The summed E-state index contributed by atoms with van der Waals surface area (Å²) in [5, 5.41) is 2.78. The number of hydrogen-bond acceptors (Lipinski definition) is 3. The molecular weight excluding hydrogens is 312 g/mol. The van der Waals surface area contributed by atoms with E-state index in [2.05, 4.69) is 5.32 Å². The fourth-order valence-electron chi connectivity index (χ4n) is 3.01. The Balaban J connectivity index is 1.51. The highest BCUT2D eigenvalue weighted by Gasteiger charge is 2.44. The standard InChI is InChI=1S/C15H17F2NO3S/c16-13-2-1-10(5-14(13)17)11-6-12(11)15(19)18-7-9-3-4-22(20,21)8-9/h1-2,5,9,11-12H,3-4,6-8H2,(H,18,19). The number of sulfone groups is 1. The van der Waals surface area contributed by atoms with Crippen molar-refractivity contribution >= 4 is 15.7 Å². The van der Waals surface area contributed by atoms with Gasteiger partial charge in [-0.2, -0.15) is 0 Å². The van der Waals surface area contributed by atoms with Gasteiger partial charge in [0.2, 0.25) is 5.91 Å². The first kappa shape index (κ1) is 15.4. The molecule has 0 aromatic heterocycles. The second kappa shape index (κ2) is 5.61. The second-order valence-electron chi connectivity index (χ2n) is 6.14. The molecule has 22 heavy (non-hydrogen) atoms. The van der Waals surface area contributed by atoms with Gasteiger partial charge in [0.15, 0.2) is 21.5 Å².